The Morgan fingerprint density at radius 2 is 1.88 bits per heavy atom. The van der Waals surface area contributed by atoms with Crippen LogP contribution in [0.1, 0.15) is 52.9 Å². The van der Waals surface area contributed by atoms with Gasteiger partial charge in [-0.2, -0.15) is 0 Å². The Balaban J connectivity index is 2.02. The Morgan fingerprint density at radius 1 is 1.24 bits per heavy atom. The standard InChI is InChI=1S/C18H29N3O4/c1-11(2)25-18(23)15-13(4)16(20-14(15)5)17(22)19-12(3)10-21-6-8-24-9-7-21/h11-12,20H,6-10H2,1-5H3,(H,19,22). The van der Waals surface area contributed by atoms with Crippen molar-refractivity contribution in [3.63, 3.8) is 0 Å². The number of hydrogen-bond donors (Lipinski definition) is 2. The average Bonchev–Trinajstić information content (AvgIpc) is 2.82. The third-order valence-corrected chi connectivity index (χ3v) is 4.22. The highest BCUT2D eigenvalue weighted by Crippen LogP contribution is 2.19. The number of carbonyl (C=O) groups excluding carboxylic acids is 2. The van der Waals surface area contributed by atoms with Gasteiger partial charge in [-0.15, -0.1) is 0 Å². The van der Waals surface area contributed by atoms with Crippen LogP contribution in [0.4, 0.5) is 0 Å². The van der Waals surface area contributed by atoms with Gasteiger partial charge < -0.3 is 19.8 Å². The predicted molar refractivity (Wildman–Crippen MR) is 95.0 cm³/mol. The highest BCUT2D eigenvalue weighted by molar-refractivity contribution is 6.00. The summed E-state index contributed by atoms with van der Waals surface area (Å²) in [6.07, 6.45) is -0.202. The quantitative estimate of drug-likeness (QED) is 0.762. The first-order valence-electron chi connectivity index (χ1n) is 8.80. The van der Waals surface area contributed by atoms with Crippen molar-refractivity contribution in [2.24, 2.45) is 0 Å². The van der Waals surface area contributed by atoms with E-state index in [0.717, 1.165) is 32.8 Å². The van der Waals surface area contributed by atoms with Crippen molar-refractivity contribution in [2.45, 2.75) is 46.8 Å². The molecule has 7 nitrogen and oxygen atoms in total. The van der Waals surface area contributed by atoms with E-state index in [4.69, 9.17) is 9.47 Å². The SMILES string of the molecule is Cc1[nH]c(C(=O)NC(C)CN2CCOCC2)c(C)c1C(=O)OC(C)C. The number of rotatable bonds is 6. The van der Waals surface area contributed by atoms with Crippen molar-refractivity contribution >= 4 is 11.9 Å². The molecule has 0 saturated carbocycles. The largest absolute Gasteiger partial charge is 0.459 e. The van der Waals surface area contributed by atoms with Crippen molar-refractivity contribution in [1.82, 2.24) is 15.2 Å². The Labute approximate surface area is 149 Å². The summed E-state index contributed by atoms with van der Waals surface area (Å²) < 4.78 is 10.6. The topological polar surface area (TPSA) is 83.7 Å². The van der Waals surface area contributed by atoms with E-state index in [-0.39, 0.29) is 18.1 Å². The molecule has 1 fully saturated rings. The van der Waals surface area contributed by atoms with E-state index < -0.39 is 5.97 Å². The second-order valence-electron chi connectivity index (χ2n) is 6.87. The fraction of sp³-hybridized carbons (Fsp3) is 0.667. The molecule has 1 saturated heterocycles. The van der Waals surface area contributed by atoms with Crippen LogP contribution in [0.3, 0.4) is 0 Å². The van der Waals surface area contributed by atoms with Gasteiger partial charge in [0.15, 0.2) is 0 Å². The monoisotopic (exact) mass is 351 g/mol. The van der Waals surface area contributed by atoms with Gasteiger partial charge in [-0.25, -0.2) is 4.79 Å². The summed E-state index contributed by atoms with van der Waals surface area (Å²) >= 11 is 0. The molecule has 0 radical (unpaired) electrons. The molecule has 1 amide bonds. The van der Waals surface area contributed by atoms with Crippen LogP contribution in [0.25, 0.3) is 0 Å². The number of H-pyrrole nitrogens is 1. The molecule has 0 aliphatic carbocycles. The van der Waals surface area contributed by atoms with Crippen LogP contribution in [0.2, 0.25) is 0 Å². The number of esters is 1. The molecule has 140 valence electrons. The number of amides is 1. The van der Waals surface area contributed by atoms with E-state index in [0.29, 0.717) is 22.5 Å². The number of morpholine rings is 1. The predicted octanol–water partition coefficient (Wildman–Crippen LogP) is 1.65. The van der Waals surface area contributed by atoms with Crippen LogP contribution in [-0.4, -0.2) is 66.8 Å². The van der Waals surface area contributed by atoms with Crippen molar-refractivity contribution in [3.8, 4) is 0 Å². The Bertz CT molecular complexity index is 618. The van der Waals surface area contributed by atoms with Crippen molar-refractivity contribution in [1.29, 1.82) is 0 Å². The Kier molecular flexibility index (Phi) is 6.61. The molecule has 0 spiro atoms. The van der Waals surface area contributed by atoms with Crippen LogP contribution in [0, 0.1) is 13.8 Å². The summed E-state index contributed by atoms with van der Waals surface area (Å²) in [7, 11) is 0. The summed E-state index contributed by atoms with van der Waals surface area (Å²) in [6.45, 7) is 13.1. The molecule has 1 unspecified atom stereocenters. The summed E-state index contributed by atoms with van der Waals surface area (Å²) in [5.74, 6) is -0.605. The molecule has 0 aromatic carbocycles. The first-order valence-corrected chi connectivity index (χ1v) is 8.80. The molecule has 2 rings (SSSR count). The summed E-state index contributed by atoms with van der Waals surface area (Å²) in [6, 6.07) is -0.000304. The van der Waals surface area contributed by atoms with Crippen molar-refractivity contribution in [2.75, 3.05) is 32.8 Å². The molecule has 1 aromatic heterocycles. The number of carbonyl (C=O) groups is 2. The second kappa shape index (κ2) is 8.49. The minimum atomic E-state index is -0.401. The zero-order chi connectivity index (χ0) is 18.6. The zero-order valence-corrected chi connectivity index (χ0v) is 15.8. The fourth-order valence-corrected chi connectivity index (χ4v) is 3.07. The summed E-state index contributed by atoms with van der Waals surface area (Å²) in [4.78, 5) is 30.1. The maximum atomic E-state index is 12.6. The molecule has 7 heteroatoms. The number of nitrogens with zero attached hydrogens (tertiary/aromatic N) is 1. The normalized spacial score (nSPS) is 16.7. The Morgan fingerprint density at radius 3 is 2.48 bits per heavy atom. The number of aromatic nitrogens is 1. The molecular weight excluding hydrogens is 322 g/mol. The van der Waals surface area contributed by atoms with Gasteiger partial charge in [-0.3, -0.25) is 9.69 Å². The van der Waals surface area contributed by atoms with Crippen LogP contribution in [0.15, 0.2) is 0 Å². The minimum absolute atomic E-state index is 0.000304. The number of nitrogens with one attached hydrogen (secondary N) is 2. The molecule has 1 aliphatic heterocycles. The molecular formula is C18H29N3O4. The molecule has 2 heterocycles. The molecule has 25 heavy (non-hydrogen) atoms. The first-order chi connectivity index (χ1) is 11.8. The lowest BCUT2D eigenvalue weighted by molar-refractivity contribution is 0.0342. The van der Waals surface area contributed by atoms with Gasteiger partial charge in [-0.05, 0) is 40.2 Å². The maximum absolute atomic E-state index is 12.6. The Hall–Kier alpha value is -1.86. The second-order valence-corrected chi connectivity index (χ2v) is 6.87. The third kappa shape index (κ3) is 5.06. The number of aryl methyl sites for hydroxylation is 1. The van der Waals surface area contributed by atoms with Gasteiger partial charge in [-0.1, -0.05) is 0 Å². The molecule has 1 atom stereocenters. The van der Waals surface area contributed by atoms with E-state index in [2.05, 4.69) is 15.2 Å². The maximum Gasteiger partial charge on any atom is 0.340 e. The van der Waals surface area contributed by atoms with E-state index in [1.165, 1.54) is 0 Å². The van der Waals surface area contributed by atoms with Crippen LogP contribution in [-0.2, 0) is 9.47 Å². The van der Waals surface area contributed by atoms with E-state index in [9.17, 15) is 9.59 Å². The molecule has 1 aliphatic rings. The van der Waals surface area contributed by atoms with Crippen LogP contribution >= 0.6 is 0 Å². The van der Waals surface area contributed by atoms with E-state index in [1.807, 2.05) is 6.92 Å². The highest BCUT2D eigenvalue weighted by atomic mass is 16.5. The summed E-state index contributed by atoms with van der Waals surface area (Å²) in [5.41, 5.74) is 2.13. The van der Waals surface area contributed by atoms with Gasteiger partial charge in [0.05, 0.1) is 24.9 Å². The number of aromatic amines is 1. The number of hydrogen-bond acceptors (Lipinski definition) is 5. The van der Waals surface area contributed by atoms with E-state index >= 15 is 0 Å². The average molecular weight is 351 g/mol. The van der Waals surface area contributed by atoms with Crippen LogP contribution in [0.5, 0.6) is 0 Å². The van der Waals surface area contributed by atoms with Gasteiger partial charge >= 0.3 is 5.97 Å². The third-order valence-electron chi connectivity index (χ3n) is 4.22. The van der Waals surface area contributed by atoms with E-state index in [1.54, 1.807) is 27.7 Å². The van der Waals surface area contributed by atoms with Crippen molar-refractivity contribution < 1.29 is 19.1 Å². The van der Waals surface area contributed by atoms with Crippen LogP contribution < -0.4 is 5.32 Å². The first kappa shape index (κ1) is 19.5. The summed E-state index contributed by atoms with van der Waals surface area (Å²) in [5, 5.41) is 3.00. The fourth-order valence-electron chi connectivity index (χ4n) is 3.07. The molecule has 0 bridgehead atoms. The highest BCUT2D eigenvalue weighted by Gasteiger charge is 2.24. The van der Waals surface area contributed by atoms with Gasteiger partial charge in [0.2, 0.25) is 0 Å². The van der Waals surface area contributed by atoms with Gasteiger partial charge in [0.25, 0.3) is 5.91 Å². The zero-order valence-electron chi connectivity index (χ0n) is 15.8. The molecule has 1 aromatic rings. The van der Waals surface area contributed by atoms with Gasteiger partial charge in [0, 0.05) is 31.4 Å². The smallest absolute Gasteiger partial charge is 0.340 e. The lowest BCUT2D eigenvalue weighted by Crippen LogP contribution is -2.46. The lowest BCUT2D eigenvalue weighted by Gasteiger charge is -2.29. The minimum Gasteiger partial charge on any atom is -0.459 e. The number of ether oxygens (including phenoxy) is 2. The van der Waals surface area contributed by atoms with Gasteiger partial charge in [0.1, 0.15) is 5.69 Å². The molecule has 2 N–H and O–H groups in total. The van der Waals surface area contributed by atoms with Crippen molar-refractivity contribution in [3.05, 3.63) is 22.5 Å². The lowest BCUT2D eigenvalue weighted by atomic mass is 10.1.